The molecule has 5 unspecified atom stereocenters. The van der Waals surface area contributed by atoms with Gasteiger partial charge in [-0.25, -0.2) is 22.5 Å². The Hall–Kier alpha value is -2.97. The number of hydrogen-bond donors (Lipinski definition) is 3. The Morgan fingerprint density at radius 2 is 2.00 bits per heavy atom. The monoisotopic (exact) mass is 564 g/mol. The van der Waals surface area contributed by atoms with E-state index in [0.29, 0.717) is 10.8 Å². The molecule has 0 saturated carbocycles. The van der Waals surface area contributed by atoms with Crippen LogP contribution in [0.3, 0.4) is 0 Å². The van der Waals surface area contributed by atoms with Crippen LogP contribution in [0.2, 0.25) is 0 Å². The van der Waals surface area contributed by atoms with Crippen LogP contribution in [0, 0.1) is 5.82 Å². The Kier molecular flexibility index (Phi) is 9.21. The molecule has 38 heavy (non-hydrogen) atoms. The van der Waals surface area contributed by atoms with E-state index in [1.807, 2.05) is 0 Å². The number of anilines is 1. The summed E-state index contributed by atoms with van der Waals surface area (Å²) in [4.78, 5) is 27.7. The van der Waals surface area contributed by atoms with Crippen molar-refractivity contribution in [2.45, 2.75) is 63.7 Å². The first kappa shape index (κ1) is 29.6. The summed E-state index contributed by atoms with van der Waals surface area (Å²) in [5.41, 5.74) is 1.48. The van der Waals surface area contributed by atoms with Crippen molar-refractivity contribution < 1.29 is 46.2 Å². The number of nitrogen functional groups attached to an aromatic ring is 1. The highest BCUT2D eigenvalue weighted by atomic mass is 31.2. The van der Waals surface area contributed by atoms with Gasteiger partial charge in [0, 0.05) is 6.42 Å². The third-order valence-electron chi connectivity index (χ3n) is 5.35. The number of aliphatic hydroxyl groups excluding tert-OH is 1. The Bertz CT molecular complexity index is 1230. The molecule has 1 saturated heterocycles. The second-order valence-electron chi connectivity index (χ2n) is 8.82. The summed E-state index contributed by atoms with van der Waals surface area (Å²) in [6.07, 6.45) is -7.59. The smallest absolute Gasteiger partial charge is 0.459 e. The maximum atomic E-state index is 14.3. The normalized spacial score (nSPS) is 23.8. The highest BCUT2D eigenvalue weighted by molar-refractivity contribution is 7.52. The summed E-state index contributed by atoms with van der Waals surface area (Å²) >= 11 is 0. The van der Waals surface area contributed by atoms with Gasteiger partial charge < -0.3 is 24.8 Å². The Morgan fingerprint density at radius 1 is 1.34 bits per heavy atom. The van der Waals surface area contributed by atoms with Crippen LogP contribution in [-0.2, 0) is 23.4 Å². The molecule has 0 spiro atoms. The minimum atomic E-state index is -4.57. The van der Waals surface area contributed by atoms with Gasteiger partial charge in [-0.1, -0.05) is 18.2 Å². The summed E-state index contributed by atoms with van der Waals surface area (Å²) in [7, 11) is -4.57. The van der Waals surface area contributed by atoms with Crippen LogP contribution in [0.5, 0.6) is 5.75 Å². The van der Waals surface area contributed by atoms with E-state index in [1.165, 1.54) is 19.1 Å². The fourth-order valence-corrected chi connectivity index (χ4v) is 5.08. The van der Waals surface area contributed by atoms with Gasteiger partial charge in [-0.05, 0) is 32.9 Å². The number of aliphatic hydroxyl groups is 1. The first-order chi connectivity index (χ1) is 17.7. The van der Waals surface area contributed by atoms with Crippen molar-refractivity contribution in [2.75, 3.05) is 12.3 Å². The van der Waals surface area contributed by atoms with E-state index < -0.39 is 80.6 Å². The summed E-state index contributed by atoms with van der Waals surface area (Å²) in [6, 6.07) is 6.33. The first-order valence-electron chi connectivity index (χ1n) is 11.4. The molecular formula is C22H28F3N4O8P. The molecule has 1 aliphatic rings. The molecular weight excluding hydrogens is 536 g/mol. The number of hydrogen-bond acceptors (Lipinski definition) is 10. The summed E-state index contributed by atoms with van der Waals surface area (Å²) in [5, 5.41) is 12.8. The van der Waals surface area contributed by atoms with Gasteiger partial charge in [0.1, 0.15) is 17.9 Å². The number of benzene rings is 1. The maximum absolute atomic E-state index is 14.3. The molecule has 1 aliphatic heterocycles. The number of carbonyl (C=O) groups is 1. The Morgan fingerprint density at radius 3 is 2.61 bits per heavy atom. The number of alkyl halides is 2. The Labute approximate surface area is 215 Å². The van der Waals surface area contributed by atoms with Gasteiger partial charge in [-0.3, -0.25) is 13.9 Å². The minimum Gasteiger partial charge on any atom is -0.462 e. The number of nitrogens with two attached hydrogens (primary N) is 1. The van der Waals surface area contributed by atoms with Crippen molar-refractivity contribution >= 4 is 19.5 Å². The van der Waals surface area contributed by atoms with Crippen LogP contribution in [0.25, 0.3) is 0 Å². The summed E-state index contributed by atoms with van der Waals surface area (Å²) < 4.78 is 77.7. The average molecular weight is 564 g/mol. The van der Waals surface area contributed by atoms with Gasteiger partial charge in [0.15, 0.2) is 23.5 Å². The number of nitrogens with one attached hydrogen (secondary N) is 1. The fourth-order valence-electron chi connectivity index (χ4n) is 3.53. The quantitative estimate of drug-likeness (QED) is 0.271. The van der Waals surface area contributed by atoms with E-state index in [9.17, 15) is 32.4 Å². The third kappa shape index (κ3) is 6.91. The van der Waals surface area contributed by atoms with Gasteiger partial charge in [0.25, 0.3) is 6.43 Å². The van der Waals surface area contributed by atoms with Crippen molar-refractivity contribution in [3.63, 3.8) is 0 Å². The number of halogens is 3. The standard InChI is InChI=1S/C22H28F3N4O8P/c1-12(2)35-19(31)13(3)28-38(33,37-14-7-5-4-6-8-14)34-11-22(20(24)25)9-16(30)18(36-22)29-10-15(23)17(26)27-21(29)32/h4-8,10,12-13,16,18,20,30H,9,11H2,1-3H3,(H,28,33)(H2,26,27,32). The zero-order valence-corrected chi connectivity index (χ0v) is 21.5. The number of nitrogens with zero attached hydrogens (tertiary/aromatic N) is 2. The van der Waals surface area contributed by atoms with Gasteiger partial charge in [-0.2, -0.15) is 10.1 Å². The number of rotatable bonds is 11. The highest BCUT2D eigenvalue weighted by Crippen LogP contribution is 2.49. The molecule has 0 aliphatic carbocycles. The van der Waals surface area contributed by atoms with Crippen LogP contribution in [-0.4, -0.2) is 57.5 Å². The summed E-state index contributed by atoms with van der Waals surface area (Å²) in [6.45, 7) is 3.38. The molecule has 0 radical (unpaired) electrons. The van der Waals surface area contributed by atoms with E-state index in [-0.39, 0.29) is 5.75 Å². The van der Waals surface area contributed by atoms with E-state index >= 15 is 0 Å². The molecule has 2 heterocycles. The lowest BCUT2D eigenvalue weighted by atomic mass is 10.0. The second kappa shape index (κ2) is 11.8. The maximum Gasteiger partial charge on any atom is 0.459 e. The third-order valence-corrected chi connectivity index (χ3v) is 6.97. The van der Waals surface area contributed by atoms with Crippen LogP contribution >= 0.6 is 7.75 Å². The zero-order valence-electron chi connectivity index (χ0n) is 20.6. The van der Waals surface area contributed by atoms with Crippen molar-refractivity contribution in [3.8, 4) is 5.75 Å². The fraction of sp³-hybridized carbons (Fsp3) is 0.500. The lowest BCUT2D eigenvalue weighted by Crippen LogP contribution is -2.44. The molecule has 5 atom stereocenters. The van der Waals surface area contributed by atoms with Gasteiger partial charge in [-0.15, -0.1) is 0 Å². The molecule has 0 bridgehead atoms. The molecule has 0 amide bonds. The predicted molar refractivity (Wildman–Crippen MR) is 127 cm³/mol. The van der Waals surface area contributed by atoms with E-state index in [2.05, 4.69) is 10.1 Å². The molecule has 3 rings (SSSR count). The van der Waals surface area contributed by atoms with Crippen LogP contribution < -0.4 is 21.0 Å². The first-order valence-corrected chi connectivity index (χ1v) is 13.0. The van der Waals surface area contributed by atoms with Gasteiger partial charge in [0.05, 0.1) is 18.9 Å². The summed E-state index contributed by atoms with van der Waals surface area (Å²) in [5.74, 6) is -2.65. The largest absolute Gasteiger partial charge is 0.462 e. The van der Waals surface area contributed by atoms with E-state index in [1.54, 1.807) is 32.0 Å². The molecule has 2 aromatic rings. The molecule has 1 aromatic carbocycles. The SMILES string of the molecule is CC(C)OC(=O)C(C)NP(=O)(OCC1(C(F)F)CC(O)C(n2cc(F)c(N)nc2=O)O1)Oc1ccccc1. The Balaban J connectivity index is 1.87. The van der Waals surface area contributed by atoms with Crippen molar-refractivity contribution in [1.29, 1.82) is 0 Å². The van der Waals surface area contributed by atoms with Crippen molar-refractivity contribution in [1.82, 2.24) is 14.6 Å². The van der Waals surface area contributed by atoms with Crippen molar-refractivity contribution in [2.24, 2.45) is 0 Å². The van der Waals surface area contributed by atoms with E-state index in [0.717, 1.165) is 0 Å². The van der Waals surface area contributed by atoms with Gasteiger partial charge >= 0.3 is 19.4 Å². The lowest BCUT2D eigenvalue weighted by Gasteiger charge is -2.30. The molecule has 1 aromatic heterocycles. The number of aromatic nitrogens is 2. The molecule has 16 heteroatoms. The van der Waals surface area contributed by atoms with E-state index in [4.69, 9.17) is 24.3 Å². The zero-order chi connectivity index (χ0) is 28.3. The van der Waals surface area contributed by atoms with Gasteiger partial charge in [0.2, 0.25) is 0 Å². The van der Waals surface area contributed by atoms with Crippen LogP contribution in [0.4, 0.5) is 19.0 Å². The number of para-hydroxylation sites is 1. The lowest BCUT2D eigenvalue weighted by molar-refractivity contribution is -0.170. The van der Waals surface area contributed by atoms with Crippen molar-refractivity contribution in [3.05, 3.63) is 52.8 Å². The number of ether oxygens (including phenoxy) is 2. The highest BCUT2D eigenvalue weighted by Gasteiger charge is 2.55. The topological polar surface area (TPSA) is 164 Å². The molecule has 12 nitrogen and oxygen atoms in total. The molecule has 4 N–H and O–H groups in total. The predicted octanol–water partition coefficient (Wildman–Crippen LogP) is 2.38. The van der Waals surface area contributed by atoms with Crippen LogP contribution in [0.1, 0.15) is 33.4 Å². The second-order valence-corrected chi connectivity index (χ2v) is 10.5. The average Bonchev–Trinajstić information content (AvgIpc) is 3.18. The number of carbonyl (C=O) groups excluding carboxylic acids is 1. The number of esters is 1. The molecule has 210 valence electrons. The minimum absolute atomic E-state index is 0.0269. The van der Waals surface area contributed by atoms with Crippen LogP contribution in [0.15, 0.2) is 41.3 Å². The molecule has 1 fully saturated rings.